The predicted octanol–water partition coefficient (Wildman–Crippen LogP) is 2.08. The Labute approximate surface area is 89.7 Å². The number of guanidine groups is 1. The lowest BCUT2D eigenvalue weighted by Gasteiger charge is -2.01. The van der Waals surface area contributed by atoms with Crippen LogP contribution >= 0.6 is 27.7 Å². The Morgan fingerprint density at radius 3 is 2.69 bits per heavy atom. The van der Waals surface area contributed by atoms with E-state index in [2.05, 4.69) is 20.9 Å². The average molecular weight is 260 g/mol. The summed E-state index contributed by atoms with van der Waals surface area (Å²) in [7, 11) is 0. The minimum atomic E-state index is 0.0685. The fraction of sp³-hybridized carbons (Fsp3) is 0.125. The molecule has 5 heteroatoms. The maximum Gasteiger partial charge on any atom is 0.191 e. The first kappa shape index (κ1) is 10.4. The van der Waals surface area contributed by atoms with Crippen molar-refractivity contribution in [2.75, 3.05) is 6.26 Å². The molecule has 0 heterocycles. The lowest BCUT2D eigenvalue weighted by molar-refractivity contribution is 1.35. The molecule has 1 aromatic rings. The normalized spacial score (nSPS) is 9.69. The molecular formula is C8H10BrN3S. The van der Waals surface area contributed by atoms with Crippen molar-refractivity contribution in [2.45, 2.75) is 4.90 Å². The van der Waals surface area contributed by atoms with E-state index in [9.17, 15) is 0 Å². The van der Waals surface area contributed by atoms with Gasteiger partial charge in [-0.1, -0.05) is 0 Å². The standard InChI is InChI=1S/C8H10BrN3S/c1-13-5-2-3-6(9)7(4-5)12-8(10)11/h2-4H,1H3,(H4,10,11,12). The maximum atomic E-state index is 5.28. The maximum absolute atomic E-state index is 5.28. The van der Waals surface area contributed by atoms with Crippen LogP contribution in [-0.4, -0.2) is 12.2 Å². The quantitative estimate of drug-likeness (QED) is 0.486. The molecule has 4 N–H and O–H groups in total. The molecule has 3 nitrogen and oxygen atoms in total. The number of aliphatic imine (C=N–C) groups is 1. The first-order valence-electron chi connectivity index (χ1n) is 3.56. The van der Waals surface area contributed by atoms with Gasteiger partial charge in [0.05, 0.1) is 5.69 Å². The van der Waals surface area contributed by atoms with Crippen molar-refractivity contribution in [3.8, 4) is 0 Å². The summed E-state index contributed by atoms with van der Waals surface area (Å²) in [5, 5.41) is 0. The van der Waals surface area contributed by atoms with Crippen LogP contribution in [0.5, 0.6) is 0 Å². The van der Waals surface area contributed by atoms with Gasteiger partial charge in [-0.25, -0.2) is 4.99 Å². The van der Waals surface area contributed by atoms with Crippen molar-refractivity contribution >= 4 is 39.3 Å². The molecule has 1 rings (SSSR count). The molecule has 13 heavy (non-hydrogen) atoms. The van der Waals surface area contributed by atoms with Crippen LogP contribution in [0.15, 0.2) is 32.6 Å². The van der Waals surface area contributed by atoms with E-state index in [1.807, 2.05) is 24.5 Å². The summed E-state index contributed by atoms with van der Waals surface area (Å²) in [5.41, 5.74) is 11.3. The first-order chi connectivity index (χ1) is 6.13. The molecule has 0 aliphatic heterocycles. The number of halogens is 1. The summed E-state index contributed by atoms with van der Waals surface area (Å²) in [5.74, 6) is 0.0685. The number of rotatable bonds is 2. The Bertz CT molecular complexity index is 334. The zero-order valence-electron chi connectivity index (χ0n) is 7.12. The average Bonchev–Trinajstić information content (AvgIpc) is 2.08. The molecule has 0 aliphatic carbocycles. The van der Waals surface area contributed by atoms with E-state index in [0.717, 1.165) is 15.1 Å². The van der Waals surface area contributed by atoms with Gasteiger partial charge in [0.1, 0.15) is 0 Å². The van der Waals surface area contributed by atoms with Crippen molar-refractivity contribution in [1.29, 1.82) is 0 Å². The van der Waals surface area contributed by atoms with E-state index in [0.29, 0.717) is 0 Å². The second-order valence-corrected chi connectivity index (χ2v) is 4.09. The van der Waals surface area contributed by atoms with Crippen LogP contribution in [-0.2, 0) is 0 Å². The third kappa shape index (κ3) is 2.93. The van der Waals surface area contributed by atoms with Crippen molar-refractivity contribution < 1.29 is 0 Å². The van der Waals surface area contributed by atoms with E-state index in [-0.39, 0.29) is 5.96 Å². The highest BCUT2D eigenvalue weighted by Gasteiger charge is 1.99. The van der Waals surface area contributed by atoms with Crippen LogP contribution in [0.25, 0.3) is 0 Å². The monoisotopic (exact) mass is 259 g/mol. The van der Waals surface area contributed by atoms with Crippen molar-refractivity contribution in [1.82, 2.24) is 0 Å². The van der Waals surface area contributed by atoms with Crippen LogP contribution in [0.2, 0.25) is 0 Å². The number of hydrogen-bond acceptors (Lipinski definition) is 2. The molecule has 0 radical (unpaired) electrons. The topological polar surface area (TPSA) is 64.4 Å². The molecule has 0 aromatic heterocycles. The molecule has 0 aliphatic rings. The molecule has 70 valence electrons. The first-order valence-corrected chi connectivity index (χ1v) is 5.58. The van der Waals surface area contributed by atoms with Gasteiger partial charge < -0.3 is 11.5 Å². The SMILES string of the molecule is CSc1ccc(Br)c(N=C(N)N)c1. The Morgan fingerprint density at radius 1 is 1.46 bits per heavy atom. The molecular weight excluding hydrogens is 250 g/mol. The van der Waals surface area contributed by atoms with Crippen LogP contribution in [0.3, 0.4) is 0 Å². The number of benzene rings is 1. The van der Waals surface area contributed by atoms with Gasteiger partial charge in [0.15, 0.2) is 5.96 Å². The Morgan fingerprint density at radius 2 is 2.15 bits per heavy atom. The second-order valence-electron chi connectivity index (χ2n) is 2.35. The van der Waals surface area contributed by atoms with Gasteiger partial charge in [0.25, 0.3) is 0 Å². The highest BCUT2D eigenvalue weighted by atomic mass is 79.9. The summed E-state index contributed by atoms with van der Waals surface area (Å²) in [6.45, 7) is 0. The van der Waals surface area contributed by atoms with Crippen LogP contribution in [0.4, 0.5) is 5.69 Å². The molecule has 1 aromatic carbocycles. The minimum Gasteiger partial charge on any atom is -0.370 e. The summed E-state index contributed by atoms with van der Waals surface area (Å²) >= 11 is 5.01. The second kappa shape index (κ2) is 4.53. The fourth-order valence-electron chi connectivity index (χ4n) is 0.844. The van der Waals surface area contributed by atoms with E-state index in [4.69, 9.17) is 11.5 Å². The molecule has 0 amide bonds. The summed E-state index contributed by atoms with van der Waals surface area (Å²) in [6.07, 6.45) is 2.00. The molecule has 0 spiro atoms. The molecule has 0 atom stereocenters. The molecule has 0 saturated heterocycles. The number of nitrogens with zero attached hydrogens (tertiary/aromatic N) is 1. The summed E-state index contributed by atoms with van der Waals surface area (Å²) in [4.78, 5) is 5.11. The van der Waals surface area contributed by atoms with Crippen LogP contribution in [0.1, 0.15) is 0 Å². The number of hydrogen-bond donors (Lipinski definition) is 2. The van der Waals surface area contributed by atoms with Gasteiger partial charge in [-0.2, -0.15) is 0 Å². The van der Waals surface area contributed by atoms with Crippen molar-refractivity contribution in [2.24, 2.45) is 16.5 Å². The summed E-state index contributed by atoms with van der Waals surface area (Å²) < 4.78 is 0.888. The van der Waals surface area contributed by atoms with Gasteiger partial charge in [0.2, 0.25) is 0 Å². The highest BCUT2D eigenvalue weighted by molar-refractivity contribution is 9.10. The van der Waals surface area contributed by atoms with E-state index in [1.54, 1.807) is 11.8 Å². The van der Waals surface area contributed by atoms with Crippen molar-refractivity contribution in [3.05, 3.63) is 22.7 Å². The Balaban J connectivity index is 3.11. The molecule has 0 fully saturated rings. The zero-order chi connectivity index (χ0) is 9.84. The van der Waals surface area contributed by atoms with E-state index in [1.165, 1.54) is 0 Å². The molecule has 0 saturated carbocycles. The lowest BCUT2D eigenvalue weighted by Crippen LogP contribution is -2.21. The Kier molecular flexibility index (Phi) is 3.62. The lowest BCUT2D eigenvalue weighted by atomic mass is 10.3. The summed E-state index contributed by atoms with van der Waals surface area (Å²) in [6, 6.07) is 5.85. The van der Waals surface area contributed by atoms with Crippen molar-refractivity contribution in [3.63, 3.8) is 0 Å². The third-order valence-electron chi connectivity index (χ3n) is 1.40. The minimum absolute atomic E-state index is 0.0685. The Hall–Kier alpha value is -0.680. The molecule has 0 unspecified atom stereocenters. The third-order valence-corrected chi connectivity index (χ3v) is 2.80. The fourth-order valence-corrected chi connectivity index (χ4v) is 1.61. The van der Waals surface area contributed by atoms with Gasteiger partial charge in [-0.3, -0.25) is 0 Å². The van der Waals surface area contributed by atoms with E-state index < -0.39 is 0 Å². The zero-order valence-corrected chi connectivity index (χ0v) is 9.52. The highest BCUT2D eigenvalue weighted by Crippen LogP contribution is 2.29. The largest absolute Gasteiger partial charge is 0.370 e. The molecule has 0 bridgehead atoms. The smallest absolute Gasteiger partial charge is 0.191 e. The van der Waals surface area contributed by atoms with Crippen LogP contribution in [0, 0.1) is 0 Å². The van der Waals surface area contributed by atoms with E-state index >= 15 is 0 Å². The number of thioether (sulfide) groups is 1. The van der Waals surface area contributed by atoms with Gasteiger partial charge in [0, 0.05) is 9.37 Å². The van der Waals surface area contributed by atoms with Gasteiger partial charge >= 0.3 is 0 Å². The van der Waals surface area contributed by atoms with Crippen LogP contribution < -0.4 is 11.5 Å². The van der Waals surface area contributed by atoms with Gasteiger partial charge in [-0.15, -0.1) is 11.8 Å². The number of nitrogens with two attached hydrogens (primary N) is 2. The predicted molar refractivity (Wildman–Crippen MR) is 61.4 cm³/mol. The van der Waals surface area contributed by atoms with Gasteiger partial charge in [-0.05, 0) is 40.4 Å².